The molecule has 3 heteroatoms. The predicted octanol–water partition coefficient (Wildman–Crippen LogP) is 2.32. The van der Waals surface area contributed by atoms with Gasteiger partial charge in [-0.15, -0.1) is 0 Å². The molecule has 2 bridgehead atoms. The third-order valence-electron chi connectivity index (χ3n) is 6.18. The highest BCUT2D eigenvalue weighted by Gasteiger charge is 2.40. The van der Waals surface area contributed by atoms with Gasteiger partial charge in [0.15, 0.2) is 0 Å². The van der Waals surface area contributed by atoms with Gasteiger partial charge in [0.2, 0.25) is 0 Å². The third kappa shape index (κ3) is 2.94. The highest BCUT2D eigenvalue weighted by atomic mass is 15.2. The van der Waals surface area contributed by atoms with Gasteiger partial charge >= 0.3 is 0 Å². The van der Waals surface area contributed by atoms with Gasteiger partial charge in [-0.3, -0.25) is 4.90 Å². The molecule has 4 rings (SSSR count). The Morgan fingerprint density at radius 2 is 1.73 bits per heavy atom. The van der Waals surface area contributed by atoms with E-state index in [-0.39, 0.29) is 0 Å². The van der Waals surface area contributed by atoms with Gasteiger partial charge in [0, 0.05) is 38.3 Å². The van der Waals surface area contributed by atoms with Crippen LogP contribution in [-0.4, -0.2) is 48.1 Å². The maximum Gasteiger partial charge on any atom is 0.0237 e. The lowest BCUT2D eigenvalue weighted by Crippen LogP contribution is -2.51. The van der Waals surface area contributed by atoms with Crippen molar-refractivity contribution < 1.29 is 0 Å². The molecular weight excluding hydrogens is 270 g/mol. The lowest BCUT2D eigenvalue weighted by Gasteiger charge is -2.39. The first-order valence-electron chi connectivity index (χ1n) is 9.05. The first-order chi connectivity index (χ1) is 10.8. The molecular formula is C19H29N3. The molecule has 3 fully saturated rings. The molecule has 2 saturated heterocycles. The Kier molecular flexibility index (Phi) is 4.21. The number of nitrogens with zero attached hydrogens (tertiary/aromatic N) is 2. The van der Waals surface area contributed by atoms with Gasteiger partial charge < -0.3 is 10.6 Å². The van der Waals surface area contributed by atoms with E-state index < -0.39 is 0 Å². The van der Waals surface area contributed by atoms with Crippen LogP contribution < -0.4 is 5.73 Å². The molecule has 4 atom stereocenters. The Morgan fingerprint density at radius 1 is 1.00 bits per heavy atom. The summed E-state index contributed by atoms with van der Waals surface area (Å²) in [4.78, 5) is 5.42. The third-order valence-corrected chi connectivity index (χ3v) is 6.18. The smallest absolute Gasteiger partial charge is 0.0237 e. The van der Waals surface area contributed by atoms with Crippen molar-refractivity contribution in [3.63, 3.8) is 0 Å². The highest BCUT2D eigenvalue weighted by molar-refractivity contribution is 5.15. The van der Waals surface area contributed by atoms with Gasteiger partial charge in [-0.1, -0.05) is 30.3 Å². The fourth-order valence-corrected chi connectivity index (χ4v) is 4.94. The summed E-state index contributed by atoms with van der Waals surface area (Å²) in [6, 6.07) is 12.2. The van der Waals surface area contributed by atoms with Crippen molar-refractivity contribution in [2.24, 2.45) is 17.6 Å². The molecule has 2 N–H and O–H groups in total. The lowest BCUT2D eigenvalue weighted by molar-refractivity contribution is 0.106. The zero-order valence-electron chi connectivity index (χ0n) is 13.5. The molecule has 2 heterocycles. The van der Waals surface area contributed by atoms with E-state index in [9.17, 15) is 0 Å². The van der Waals surface area contributed by atoms with Crippen LogP contribution in [0.2, 0.25) is 0 Å². The van der Waals surface area contributed by atoms with Crippen molar-refractivity contribution in [2.75, 3.05) is 26.2 Å². The number of benzene rings is 1. The molecule has 0 amide bonds. The predicted molar refractivity (Wildman–Crippen MR) is 90.5 cm³/mol. The molecule has 22 heavy (non-hydrogen) atoms. The molecule has 0 aromatic heterocycles. The fraction of sp³-hybridized carbons (Fsp3) is 0.684. The molecule has 1 aromatic carbocycles. The summed E-state index contributed by atoms with van der Waals surface area (Å²) in [7, 11) is 0. The van der Waals surface area contributed by atoms with Crippen molar-refractivity contribution in [3.05, 3.63) is 35.9 Å². The number of piperidine rings is 1. The van der Waals surface area contributed by atoms with E-state index in [0.29, 0.717) is 6.04 Å². The molecule has 3 nitrogen and oxygen atoms in total. The summed E-state index contributed by atoms with van der Waals surface area (Å²) in [6.45, 7) is 6.12. The first kappa shape index (κ1) is 14.7. The summed E-state index contributed by atoms with van der Waals surface area (Å²) >= 11 is 0. The standard InChI is InChI=1S/C19H29N3/c20-19-16-8-9-17(19)13-21(12-16)14-18-7-4-10-22(18)11-15-5-2-1-3-6-15/h1-3,5-6,16-19H,4,7-14,20H2/t16-,17+,18-,19?/m1/s1. The molecule has 2 aliphatic heterocycles. The van der Waals surface area contributed by atoms with Gasteiger partial charge in [-0.25, -0.2) is 0 Å². The summed E-state index contributed by atoms with van der Waals surface area (Å²) in [5.41, 5.74) is 7.80. The normalized spacial score (nSPS) is 36.0. The summed E-state index contributed by atoms with van der Waals surface area (Å²) in [6.07, 6.45) is 5.45. The Hall–Kier alpha value is -0.900. The average Bonchev–Trinajstić information content (AvgIpc) is 3.02. The summed E-state index contributed by atoms with van der Waals surface area (Å²) < 4.78 is 0. The van der Waals surface area contributed by atoms with Crippen molar-refractivity contribution in [2.45, 2.75) is 44.3 Å². The van der Waals surface area contributed by atoms with Crippen LogP contribution in [0.25, 0.3) is 0 Å². The number of hydrogen-bond acceptors (Lipinski definition) is 3. The minimum Gasteiger partial charge on any atom is -0.327 e. The zero-order valence-corrected chi connectivity index (χ0v) is 13.5. The number of nitrogens with two attached hydrogens (primary N) is 1. The Bertz CT molecular complexity index is 475. The van der Waals surface area contributed by atoms with Crippen molar-refractivity contribution in [1.82, 2.24) is 9.80 Å². The van der Waals surface area contributed by atoms with Crippen LogP contribution in [0.1, 0.15) is 31.2 Å². The molecule has 1 aliphatic carbocycles. The largest absolute Gasteiger partial charge is 0.327 e. The summed E-state index contributed by atoms with van der Waals surface area (Å²) in [5.74, 6) is 1.53. The first-order valence-corrected chi connectivity index (χ1v) is 9.05. The highest BCUT2D eigenvalue weighted by Crippen LogP contribution is 2.36. The van der Waals surface area contributed by atoms with E-state index in [4.69, 9.17) is 5.73 Å². The van der Waals surface area contributed by atoms with Crippen molar-refractivity contribution in [3.8, 4) is 0 Å². The van der Waals surface area contributed by atoms with Gasteiger partial charge in [0.1, 0.15) is 0 Å². The van der Waals surface area contributed by atoms with E-state index in [1.54, 1.807) is 0 Å². The van der Waals surface area contributed by atoms with Crippen LogP contribution in [0.5, 0.6) is 0 Å². The van der Waals surface area contributed by atoms with Gasteiger partial charge in [-0.2, -0.15) is 0 Å². The Morgan fingerprint density at radius 3 is 2.45 bits per heavy atom. The molecule has 0 radical (unpaired) electrons. The van der Waals surface area contributed by atoms with Gasteiger partial charge in [-0.05, 0) is 49.6 Å². The quantitative estimate of drug-likeness (QED) is 0.926. The van der Waals surface area contributed by atoms with E-state index in [1.807, 2.05) is 0 Å². The van der Waals surface area contributed by atoms with E-state index in [2.05, 4.69) is 40.1 Å². The SMILES string of the molecule is NC1[C@@H]2CC[C@H]1CN(C[C@H]1CCCN1Cc1ccccc1)C2. The molecule has 1 unspecified atom stereocenters. The fourth-order valence-electron chi connectivity index (χ4n) is 4.94. The number of fused-ring (bicyclic) bond motifs is 2. The monoisotopic (exact) mass is 299 g/mol. The second-order valence-corrected chi connectivity index (χ2v) is 7.65. The van der Waals surface area contributed by atoms with Crippen molar-refractivity contribution in [1.29, 1.82) is 0 Å². The maximum absolute atomic E-state index is 6.35. The maximum atomic E-state index is 6.35. The second kappa shape index (κ2) is 6.31. The topological polar surface area (TPSA) is 32.5 Å². The zero-order chi connectivity index (χ0) is 14.9. The molecule has 1 saturated carbocycles. The van der Waals surface area contributed by atoms with Crippen LogP contribution in [0.15, 0.2) is 30.3 Å². The minimum absolute atomic E-state index is 0.486. The molecule has 1 aromatic rings. The van der Waals surface area contributed by atoms with E-state index in [1.165, 1.54) is 57.4 Å². The van der Waals surface area contributed by atoms with Crippen LogP contribution in [-0.2, 0) is 6.54 Å². The minimum atomic E-state index is 0.486. The lowest BCUT2D eigenvalue weighted by atomic mass is 9.93. The Balaban J connectivity index is 1.36. The van der Waals surface area contributed by atoms with Crippen LogP contribution in [0, 0.1) is 11.8 Å². The number of rotatable bonds is 4. The van der Waals surface area contributed by atoms with E-state index >= 15 is 0 Å². The van der Waals surface area contributed by atoms with Gasteiger partial charge in [0.25, 0.3) is 0 Å². The van der Waals surface area contributed by atoms with Crippen LogP contribution in [0.3, 0.4) is 0 Å². The average molecular weight is 299 g/mol. The number of hydrogen-bond donors (Lipinski definition) is 1. The van der Waals surface area contributed by atoms with Crippen LogP contribution in [0.4, 0.5) is 0 Å². The molecule has 3 aliphatic rings. The second-order valence-electron chi connectivity index (χ2n) is 7.65. The van der Waals surface area contributed by atoms with Crippen molar-refractivity contribution >= 4 is 0 Å². The van der Waals surface area contributed by atoms with Gasteiger partial charge in [0.05, 0.1) is 0 Å². The number of likely N-dealkylation sites (tertiary alicyclic amines) is 2. The summed E-state index contributed by atoms with van der Waals surface area (Å²) in [5, 5.41) is 0. The van der Waals surface area contributed by atoms with E-state index in [0.717, 1.165) is 24.4 Å². The molecule has 0 spiro atoms. The molecule has 120 valence electrons. The van der Waals surface area contributed by atoms with Crippen LogP contribution >= 0.6 is 0 Å². The Labute approximate surface area is 134 Å².